The van der Waals surface area contributed by atoms with E-state index in [2.05, 4.69) is 27.7 Å². The summed E-state index contributed by atoms with van der Waals surface area (Å²) in [5, 5.41) is 1.17. The number of hydrogen-bond donors (Lipinski definition) is 1. The molecule has 1 aromatic heterocycles. The second-order valence-electron chi connectivity index (χ2n) is 5.97. The molecule has 0 aliphatic heterocycles. The maximum Gasteiger partial charge on any atom is 0.113 e. The van der Waals surface area contributed by atoms with Crippen LogP contribution in [0.1, 0.15) is 68.0 Å². The molecule has 0 spiro atoms. The molecule has 2 rings (SSSR count). The summed E-state index contributed by atoms with van der Waals surface area (Å²) in [6, 6.07) is 0. The van der Waals surface area contributed by atoms with Crippen molar-refractivity contribution in [1.82, 2.24) is 4.98 Å². The van der Waals surface area contributed by atoms with Gasteiger partial charge in [0.2, 0.25) is 0 Å². The average Bonchev–Trinajstić information content (AvgIpc) is 2.60. The molecule has 0 bridgehead atoms. The number of aryl methyl sites for hydroxylation is 1. The highest BCUT2D eigenvalue weighted by atomic mass is 32.1. The molecule has 1 aromatic rings. The maximum absolute atomic E-state index is 6.60. The van der Waals surface area contributed by atoms with Crippen LogP contribution in [0.2, 0.25) is 0 Å². The third-order valence-electron chi connectivity index (χ3n) is 3.84. The molecule has 17 heavy (non-hydrogen) atoms. The van der Waals surface area contributed by atoms with Crippen molar-refractivity contribution in [3.05, 3.63) is 15.6 Å². The molecule has 0 saturated heterocycles. The van der Waals surface area contributed by atoms with Crippen LogP contribution in [0.4, 0.5) is 0 Å². The first-order valence-corrected chi connectivity index (χ1v) is 7.50. The second kappa shape index (κ2) is 4.69. The quantitative estimate of drug-likeness (QED) is 0.866. The Morgan fingerprint density at radius 2 is 2.18 bits per heavy atom. The van der Waals surface area contributed by atoms with Crippen molar-refractivity contribution in [1.29, 1.82) is 0 Å². The number of nitrogens with two attached hydrogens (primary N) is 1. The van der Waals surface area contributed by atoms with Crippen molar-refractivity contribution in [3.8, 4) is 0 Å². The van der Waals surface area contributed by atoms with Crippen LogP contribution < -0.4 is 5.73 Å². The molecule has 2 atom stereocenters. The summed E-state index contributed by atoms with van der Waals surface area (Å²) < 4.78 is 0. The van der Waals surface area contributed by atoms with Gasteiger partial charge in [-0.25, -0.2) is 4.98 Å². The Labute approximate surface area is 109 Å². The normalized spacial score (nSPS) is 29.9. The van der Waals surface area contributed by atoms with E-state index in [9.17, 15) is 0 Å². The lowest BCUT2D eigenvalue weighted by Crippen LogP contribution is -2.40. The van der Waals surface area contributed by atoms with Gasteiger partial charge in [0, 0.05) is 4.88 Å². The summed E-state index contributed by atoms with van der Waals surface area (Å²) in [5.41, 5.74) is 7.69. The van der Waals surface area contributed by atoms with Crippen LogP contribution in [-0.2, 0) is 5.54 Å². The summed E-state index contributed by atoms with van der Waals surface area (Å²) >= 11 is 1.81. The zero-order valence-electron chi connectivity index (χ0n) is 11.4. The van der Waals surface area contributed by atoms with E-state index < -0.39 is 0 Å². The van der Waals surface area contributed by atoms with Crippen LogP contribution in [-0.4, -0.2) is 4.98 Å². The second-order valence-corrected chi connectivity index (χ2v) is 7.18. The van der Waals surface area contributed by atoms with Gasteiger partial charge in [-0.1, -0.05) is 33.6 Å². The topological polar surface area (TPSA) is 38.9 Å². The highest BCUT2D eigenvalue weighted by Gasteiger charge is 2.35. The number of aromatic nitrogens is 1. The van der Waals surface area contributed by atoms with Crippen LogP contribution in [0.5, 0.6) is 0 Å². The van der Waals surface area contributed by atoms with Crippen LogP contribution >= 0.6 is 11.3 Å². The van der Waals surface area contributed by atoms with Gasteiger partial charge in [0.05, 0.1) is 11.2 Å². The van der Waals surface area contributed by atoms with Gasteiger partial charge in [-0.2, -0.15) is 0 Å². The molecular weight excluding hydrogens is 228 g/mol. The molecular formula is C14H24N2S. The van der Waals surface area contributed by atoms with Gasteiger partial charge in [0.15, 0.2) is 0 Å². The summed E-state index contributed by atoms with van der Waals surface area (Å²) in [6.07, 6.45) is 4.76. The Hall–Kier alpha value is -0.410. The third kappa shape index (κ3) is 2.55. The number of hydrogen-bond acceptors (Lipinski definition) is 3. The fourth-order valence-electron chi connectivity index (χ4n) is 2.94. The molecule has 1 saturated carbocycles. The van der Waals surface area contributed by atoms with Gasteiger partial charge in [0.25, 0.3) is 0 Å². The lowest BCUT2D eigenvalue weighted by molar-refractivity contribution is 0.238. The molecule has 0 radical (unpaired) electrons. The van der Waals surface area contributed by atoms with Gasteiger partial charge in [-0.3, -0.25) is 0 Å². The Morgan fingerprint density at radius 3 is 2.71 bits per heavy atom. The first-order valence-electron chi connectivity index (χ1n) is 6.69. The number of thiazole rings is 1. The van der Waals surface area contributed by atoms with Crippen LogP contribution in [0.15, 0.2) is 0 Å². The van der Waals surface area contributed by atoms with Crippen molar-refractivity contribution >= 4 is 11.3 Å². The SMILES string of the molecule is Cc1sc(C2(N)CCCC(C)C2)nc1C(C)C. The van der Waals surface area contributed by atoms with Crippen LogP contribution in [0, 0.1) is 12.8 Å². The smallest absolute Gasteiger partial charge is 0.113 e. The number of rotatable bonds is 2. The monoisotopic (exact) mass is 252 g/mol. The molecule has 96 valence electrons. The van der Waals surface area contributed by atoms with E-state index in [1.54, 1.807) is 0 Å². The zero-order chi connectivity index (χ0) is 12.6. The van der Waals surface area contributed by atoms with Gasteiger partial charge in [0.1, 0.15) is 5.01 Å². The first-order chi connectivity index (χ1) is 7.92. The lowest BCUT2D eigenvalue weighted by Gasteiger charge is -2.35. The Balaban J connectivity index is 2.29. The van der Waals surface area contributed by atoms with Crippen molar-refractivity contribution in [2.24, 2.45) is 11.7 Å². The molecule has 0 amide bonds. The van der Waals surface area contributed by atoms with Crippen molar-refractivity contribution in [2.45, 2.75) is 64.8 Å². The highest BCUT2D eigenvalue weighted by Crippen LogP contribution is 2.40. The average molecular weight is 252 g/mol. The summed E-state index contributed by atoms with van der Waals surface area (Å²) in [6.45, 7) is 8.90. The molecule has 2 nitrogen and oxygen atoms in total. The van der Waals surface area contributed by atoms with E-state index in [0.29, 0.717) is 5.92 Å². The van der Waals surface area contributed by atoms with Gasteiger partial charge in [-0.05, 0) is 31.6 Å². The standard InChI is InChI=1S/C14H24N2S/c1-9(2)12-11(4)17-13(16-12)14(15)7-5-6-10(3)8-14/h9-10H,5-8,15H2,1-4H3. The highest BCUT2D eigenvalue weighted by molar-refractivity contribution is 7.11. The van der Waals surface area contributed by atoms with E-state index in [0.717, 1.165) is 18.8 Å². The van der Waals surface area contributed by atoms with E-state index in [4.69, 9.17) is 10.7 Å². The molecule has 1 aliphatic carbocycles. The molecule has 3 heteroatoms. The van der Waals surface area contributed by atoms with E-state index >= 15 is 0 Å². The molecule has 1 fully saturated rings. The molecule has 2 N–H and O–H groups in total. The predicted octanol–water partition coefficient (Wildman–Crippen LogP) is 3.94. The molecule has 1 heterocycles. The largest absolute Gasteiger partial charge is 0.319 e. The Kier molecular flexibility index (Phi) is 3.60. The van der Waals surface area contributed by atoms with Crippen LogP contribution in [0.25, 0.3) is 0 Å². The minimum Gasteiger partial charge on any atom is -0.319 e. The summed E-state index contributed by atoms with van der Waals surface area (Å²) in [5.74, 6) is 1.24. The third-order valence-corrected chi connectivity index (χ3v) is 5.04. The van der Waals surface area contributed by atoms with Crippen molar-refractivity contribution in [3.63, 3.8) is 0 Å². The number of nitrogens with zero attached hydrogens (tertiary/aromatic N) is 1. The Morgan fingerprint density at radius 1 is 1.47 bits per heavy atom. The zero-order valence-corrected chi connectivity index (χ0v) is 12.2. The maximum atomic E-state index is 6.60. The minimum atomic E-state index is -0.153. The first kappa shape index (κ1) is 13.0. The molecule has 2 unspecified atom stereocenters. The minimum absolute atomic E-state index is 0.153. The van der Waals surface area contributed by atoms with Crippen molar-refractivity contribution < 1.29 is 0 Å². The van der Waals surface area contributed by atoms with Gasteiger partial charge in [-0.15, -0.1) is 11.3 Å². The molecule has 1 aliphatic rings. The van der Waals surface area contributed by atoms with E-state index in [-0.39, 0.29) is 5.54 Å². The summed E-state index contributed by atoms with van der Waals surface area (Å²) in [7, 11) is 0. The Bertz CT molecular complexity index is 397. The summed E-state index contributed by atoms with van der Waals surface area (Å²) in [4.78, 5) is 6.18. The predicted molar refractivity (Wildman–Crippen MR) is 74.4 cm³/mol. The lowest BCUT2D eigenvalue weighted by atomic mass is 9.77. The fourth-order valence-corrected chi connectivity index (χ4v) is 4.15. The van der Waals surface area contributed by atoms with Crippen molar-refractivity contribution in [2.75, 3.05) is 0 Å². The fraction of sp³-hybridized carbons (Fsp3) is 0.786. The molecule has 0 aromatic carbocycles. The van der Waals surface area contributed by atoms with Gasteiger partial charge >= 0.3 is 0 Å². The van der Waals surface area contributed by atoms with Gasteiger partial charge < -0.3 is 5.73 Å². The van der Waals surface area contributed by atoms with Crippen LogP contribution in [0.3, 0.4) is 0 Å². The van der Waals surface area contributed by atoms with E-state index in [1.807, 2.05) is 11.3 Å². The van der Waals surface area contributed by atoms with E-state index in [1.165, 1.54) is 28.4 Å².